The number of hydrogen-bond donors (Lipinski definition) is 2. The third-order valence-electron chi connectivity index (χ3n) is 0.865. The predicted molar refractivity (Wildman–Crippen MR) is 47.0 cm³/mol. The molecule has 1 aromatic heterocycles. The molecule has 0 atom stereocenters. The van der Waals surface area contributed by atoms with E-state index in [1.807, 2.05) is 17.5 Å². The molecule has 0 aliphatic heterocycles. The lowest BCUT2D eigenvalue weighted by Crippen LogP contribution is -2.11. The average Bonchev–Trinajstić information content (AvgIpc) is 2.34. The molecule has 0 saturated heterocycles. The van der Waals surface area contributed by atoms with Crippen molar-refractivity contribution >= 4 is 28.9 Å². The third-order valence-corrected chi connectivity index (χ3v) is 3.04. The molecule has 10 heavy (non-hydrogen) atoms. The Hall–Kier alpha value is -0.480. The number of amidine groups is 1. The van der Waals surface area contributed by atoms with Crippen molar-refractivity contribution in [2.75, 3.05) is 5.75 Å². The molecular formula is C6H8N2S2. The van der Waals surface area contributed by atoms with Crippen molar-refractivity contribution < 1.29 is 0 Å². The largest absolute Gasteiger partial charge is 0.387 e. The summed E-state index contributed by atoms with van der Waals surface area (Å²) in [4.78, 5) is 0. The molecule has 1 heterocycles. The highest BCUT2D eigenvalue weighted by atomic mass is 32.2. The highest BCUT2D eigenvalue weighted by Gasteiger charge is 1.94. The zero-order valence-electron chi connectivity index (χ0n) is 5.33. The van der Waals surface area contributed by atoms with Crippen LogP contribution in [0.3, 0.4) is 0 Å². The normalized spacial score (nSPS) is 9.60. The Bertz CT molecular complexity index is 206. The predicted octanol–water partition coefficient (Wildman–Crippen LogP) is 1.78. The van der Waals surface area contributed by atoms with Crippen LogP contribution in [0.15, 0.2) is 21.7 Å². The molecule has 4 heteroatoms. The van der Waals surface area contributed by atoms with E-state index >= 15 is 0 Å². The van der Waals surface area contributed by atoms with Crippen LogP contribution in [0, 0.1) is 5.41 Å². The second-order valence-electron chi connectivity index (χ2n) is 1.75. The molecule has 0 aliphatic rings. The van der Waals surface area contributed by atoms with Gasteiger partial charge in [0, 0.05) is 0 Å². The van der Waals surface area contributed by atoms with Gasteiger partial charge in [-0.2, -0.15) is 0 Å². The maximum atomic E-state index is 6.96. The van der Waals surface area contributed by atoms with Crippen molar-refractivity contribution in [3.8, 4) is 0 Å². The lowest BCUT2D eigenvalue weighted by molar-refractivity contribution is 1.42. The Morgan fingerprint density at radius 1 is 1.80 bits per heavy atom. The van der Waals surface area contributed by atoms with Crippen molar-refractivity contribution in [3.05, 3.63) is 17.5 Å². The summed E-state index contributed by atoms with van der Waals surface area (Å²) in [6.45, 7) is 0. The Labute approximate surface area is 68.0 Å². The summed E-state index contributed by atoms with van der Waals surface area (Å²) in [6, 6.07) is 4.02. The minimum absolute atomic E-state index is 0.235. The quantitative estimate of drug-likeness (QED) is 0.415. The van der Waals surface area contributed by atoms with Gasteiger partial charge in [-0.1, -0.05) is 6.07 Å². The fourth-order valence-corrected chi connectivity index (χ4v) is 2.03. The van der Waals surface area contributed by atoms with Gasteiger partial charge in [0.15, 0.2) is 0 Å². The number of thiophene rings is 1. The van der Waals surface area contributed by atoms with Gasteiger partial charge in [-0.3, -0.25) is 5.41 Å². The van der Waals surface area contributed by atoms with Gasteiger partial charge in [-0.05, 0) is 11.4 Å². The van der Waals surface area contributed by atoms with Gasteiger partial charge in [0.2, 0.25) is 0 Å². The second kappa shape index (κ2) is 3.63. The maximum absolute atomic E-state index is 6.96. The van der Waals surface area contributed by atoms with Crippen molar-refractivity contribution in [2.24, 2.45) is 5.73 Å². The molecule has 0 radical (unpaired) electrons. The van der Waals surface area contributed by atoms with Crippen LogP contribution in [0.25, 0.3) is 0 Å². The molecule has 3 N–H and O–H groups in total. The number of nitrogens with two attached hydrogens (primary N) is 1. The standard InChI is InChI=1S/C6H8N2S2/c7-5(8)4-10-6-2-1-3-9-6/h1-3H,4H2,(H3,7,8). The first-order valence-corrected chi connectivity index (χ1v) is 4.65. The molecule has 54 valence electrons. The van der Waals surface area contributed by atoms with Gasteiger partial charge in [-0.15, -0.1) is 23.1 Å². The SMILES string of the molecule is N=C(N)CSc1cccs1. The van der Waals surface area contributed by atoms with E-state index in [0.717, 1.165) is 0 Å². The number of rotatable bonds is 3. The zero-order valence-corrected chi connectivity index (χ0v) is 6.97. The summed E-state index contributed by atoms with van der Waals surface area (Å²) in [6.07, 6.45) is 0. The second-order valence-corrected chi connectivity index (χ2v) is 3.97. The summed E-state index contributed by atoms with van der Waals surface area (Å²) < 4.78 is 1.22. The van der Waals surface area contributed by atoms with Crippen LogP contribution in [0.4, 0.5) is 0 Å². The molecule has 0 saturated carbocycles. The minimum atomic E-state index is 0.235. The Kier molecular flexibility index (Phi) is 2.77. The molecule has 1 aromatic rings. The fraction of sp³-hybridized carbons (Fsp3) is 0.167. The first-order chi connectivity index (χ1) is 4.79. The Balaban J connectivity index is 2.35. The monoisotopic (exact) mass is 172 g/mol. The van der Waals surface area contributed by atoms with Gasteiger partial charge >= 0.3 is 0 Å². The lowest BCUT2D eigenvalue weighted by Gasteiger charge is -1.93. The number of thioether (sulfide) groups is 1. The van der Waals surface area contributed by atoms with Crippen LogP contribution in [-0.2, 0) is 0 Å². The van der Waals surface area contributed by atoms with Gasteiger partial charge in [0.05, 0.1) is 9.96 Å². The highest BCUT2D eigenvalue weighted by molar-refractivity contribution is 8.01. The Morgan fingerprint density at radius 3 is 3.10 bits per heavy atom. The Morgan fingerprint density at radius 2 is 2.60 bits per heavy atom. The zero-order chi connectivity index (χ0) is 7.40. The van der Waals surface area contributed by atoms with Crippen LogP contribution >= 0.6 is 23.1 Å². The molecule has 0 unspecified atom stereocenters. The number of nitrogens with one attached hydrogen (secondary N) is 1. The first kappa shape index (κ1) is 7.63. The fourth-order valence-electron chi connectivity index (χ4n) is 0.494. The summed E-state index contributed by atoms with van der Waals surface area (Å²) in [5.41, 5.74) is 5.18. The van der Waals surface area contributed by atoms with Gasteiger partial charge in [0.25, 0.3) is 0 Å². The maximum Gasteiger partial charge on any atom is 0.101 e. The molecular weight excluding hydrogens is 164 g/mol. The van der Waals surface area contributed by atoms with E-state index in [9.17, 15) is 0 Å². The van der Waals surface area contributed by atoms with E-state index in [1.54, 1.807) is 23.1 Å². The molecule has 0 fully saturated rings. The molecule has 0 amide bonds. The van der Waals surface area contributed by atoms with Crippen LogP contribution in [-0.4, -0.2) is 11.6 Å². The van der Waals surface area contributed by atoms with Gasteiger partial charge in [0.1, 0.15) is 5.84 Å². The van der Waals surface area contributed by atoms with Crippen LogP contribution in [0.1, 0.15) is 0 Å². The molecule has 2 nitrogen and oxygen atoms in total. The van der Waals surface area contributed by atoms with Crippen LogP contribution in [0.5, 0.6) is 0 Å². The molecule has 1 rings (SSSR count). The van der Waals surface area contributed by atoms with Crippen LogP contribution < -0.4 is 5.73 Å². The van der Waals surface area contributed by atoms with E-state index in [0.29, 0.717) is 5.75 Å². The van der Waals surface area contributed by atoms with Crippen LogP contribution in [0.2, 0.25) is 0 Å². The van der Waals surface area contributed by atoms with Crippen molar-refractivity contribution in [2.45, 2.75) is 4.21 Å². The van der Waals surface area contributed by atoms with E-state index in [-0.39, 0.29) is 5.84 Å². The summed E-state index contributed by atoms with van der Waals surface area (Å²) in [7, 11) is 0. The molecule has 0 aromatic carbocycles. The van der Waals surface area contributed by atoms with E-state index in [4.69, 9.17) is 11.1 Å². The summed E-state index contributed by atoms with van der Waals surface area (Å²) in [5, 5.41) is 8.97. The third kappa shape index (κ3) is 2.41. The van der Waals surface area contributed by atoms with Crippen molar-refractivity contribution in [3.63, 3.8) is 0 Å². The minimum Gasteiger partial charge on any atom is -0.387 e. The topological polar surface area (TPSA) is 49.9 Å². The van der Waals surface area contributed by atoms with Gasteiger partial charge in [-0.25, -0.2) is 0 Å². The molecule has 0 spiro atoms. The smallest absolute Gasteiger partial charge is 0.101 e. The van der Waals surface area contributed by atoms with E-state index in [1.165, 1.54) is 4.21 Å². The van der Waals surface area contributed by atoms with E-state index in [2.05, 4.69) is 0 Å². The highest BCUT2D eigenvalue weighted by Crippen LogP contribution is 2.22. The summed E-state index contributed by atoms with van der Waals surface area (Å²) >= 11 is 3.28. The van der Waals surface area contributed by atoms with E-state index < -0.39 is 0 Å². The average molecular weight is 172 g/mol. The number of hydrogen-bond acceptors (Lipinski definition) is 3. The summed E-state index contributed by atoms with van der Waals surface area (Å²) in [5.74, 6) is 0.832. The molecule has 0 aliphatic carbocycles. The molecule has 0 bridgehead atoms. The van der Waals surface area contributed by atoms with Crippen molar-refractivity contribution in [1.29, 1.82) is 5.41 Å². The first-order valence-electron chi connectivity index (χ1n) is 2.78. The van der Waals surface area contributed by atoms with Gasteiger partial charge < -0.3 is 5.73 Å². The van der Waals surface area contributed by atoms with Crippen molar-refractivity contribution in [1.82, 2.24) is 0 Å². The lowest BCUT2D eigenvalue weighted by atomic mass is 10.7.